The van der Waals surface area contributed by atoms with Gasteiger partial charge in [-0.2, -0.15) is 0 Å². The number of amides is 4. The zero-order valence-corrected chi connectivity index (χ0v) is 35.5. The van der Waals surface area contributed by atoms with Crippen molar-refractivity contribution in [2.24, 2.45) is 0 Å². The monoisotopic (exact) mass is 801 g/mol. The van der Waals surface area contributed by atoms with Crippen molar-refractivity contribution in [1.29, 1.82) is 0 Å². The van der Waals surface area contributed by atoms with Crippen LogP contribution >= 0.6 is 0 Å². The number of rotatable bonds is 34. The highest BCUT2D eigenvalue weighted by Gasteiger charge is 2.27. The summed E-state index contributed by atoms with van der Waals surface area (Å²) in [7, 11) is 0. The highest BCUT2D eigenvalue weighted by atomic mass is 16.6. The van der Waals surface area contributed by atoms with Crippen LogP contribution in [0.4, 0.5) is 4.79 Å². The van der Waals surface area contributed by atoms with Crippen LogP contribution in [0.2, 0.25) is 0 Å². The number of carbonyl (C=O) groups excluding carboxylic acids is 5. The molecule has 0 aliphatic rings. The Hall–Kier alpha value is -3.46. The first kappa shape index (κ1) is 52.5. The molecule has 0 aromatic heterocycles. The molecule has 5 N–H and O–H groups in total. The molecule has 0 aliphatic heterocycles. The molecule has 0 saturated carbocycles. The second-order valence-electron chi connectivity index (χ2n) is 16.2. The van der Waals surface area contributed by atoms with E-state index in [0.29, 0.717) is 32.4 Å². The van der Waals surface area contributed by atoms with E-state index in [2.05, 4.69) is 21.3 Å². The lowest BCUT2D eigenvalue weighted by atomic mass is 10.0. The van der Waals surface area contributed by atoms with Crippen molar-refractivity contribution in [3.05, 3.63) is 0 Å². The molecule has 326 valence electrons. The Balaban J connectivity index is 4.05. The van der Waals surface area contributed by atoms with Gasteiger partial charge in [-0.05, 0) is 67.2 Å². The Kier molecular flexibility index (Phi) is 30.6. The van der Waals surface area contributed by atoms with Crippen LogP contribution < -0.4 is 21.3 Å². The molecule has 0 bridgehead atoms. The van der Waals surface area contributed by atoms with Gasteiger partial charge in [0.15, 0.2) is 0 Å². The van der Waals surface area contributed by atoms with Gasteiger partial charge in [-0.15, -0.1) is 0 Å². The van der Waals surface area contributed by atoms with Crippen LogP contribution in [0.1, 0.15) is 164 Å². The number of ether oxygens (including phenoxy) is 4. The highest BCUT2D eigenvalue weighted by molar-refractivity contribution is 5.85. The molecule has 0 aliphatic carbocycles. The van der Waals surface area contributed by atoms with Gasteiger partial charge in [0, 0.05) is 38.9 Å². The SMILES string of the molecule is CC(C)(C)OC(=O)CCCCCCCCCCCCCCCCC(=O)NC(CCC(=O)NCCCNC(=O)NCCOCCOCC(=O)O)C(=O)OC(C)(C)C. The van der Waals surface area contributed by atoms with E-state index in [1.165, 1.54) is 51.4 Å². The van der Waals surface area contributed by atoms with E-state index in [1.54, 1.807) is 20.8 Å². The molecular weight excluding hydrogens is 724 g/mol. The summed E-state index contributed by atoms with van der Waals surface area (Å²) in [4.78, 5) is 72.0. The number of aliphatic carboxylic acids is 1. The van der Waals surface area contributed by atoms with Gasteiger partial charge >= 0.3 is 23.9 Å². The summed E-state index contributed by atoms with van der Waals surface area (Å²) < 4.78 is 20.9. The Morgan fingerprint density at radius 3 is 1.54 bits per heavy atom. The molecule has 0 aromatic rings. The van der Waals surface area contributed by atoms with Gasteiger partial charge in [0.1, 0.15) is 23.9 Å². The van der Waals surface area contributed by atoms with Crippen molar-refractivity contribution in [3.63, 3.8) is 0 Å². The van der Waals surface area contributed by atoms with Crippen LogP contribution in [0.3, 0.4) is 0 Å². The smallest absolute Gasteiger partial charge is 0.329 e. The lowest BCUT2D eigenvalue weighted by molar-refractivity contribution is -0.159. The minimum Gasteiger partial charge on any atom is -0.480 e. The number of unbranched alkanes of at least 4 members (excludes halogenated alkanes) is 13. The largest absolute Gasteiger partial charge is 0.480 e. The number of hydrogen-bond acceptors (Lipinski definition) is 10. The Bertz CT molecular complexity index is 1110. The van der Waals surface area contributed by atoms with Crippen molar-refractivity contribution in [2.45, 2.75) is 181 Å². The van der Waals surface area contributed by atoms with E-state index in [4.69, 9.17) is 24.1 Å². The van der Waals surface area contributed by atoms with Gasteiger partial charge in [-0.3, -0.25) is 14.4 Å². The average molecular weight is 801 g/mol. The van der Waals surface area contributed by atoms with Crippen LogP contribution in [-0.4, -0.2) is 104 Å². The molecule has 0 aromatic carbocycles. The maximum absolute atomic E-state index is 12.9. The third kappa shape index (κ3) is 37.5. The van der Waals surface area contributed by atoms with E-state index in [1.807, 2.05) is 20.8 Å². The van der Waals surface area contributed by atoms with Gasteiger partial charge in [-0.1, -0.05) is 77.0 Å². The fourth-order valence-electron chi connectivity index (χ4n) is 5.52. The summed E-state index contributed by atoms with van der Waals surface area (Å²) in [5.41, 5.74) is -1.14. The quantitative estimate of drug-likeness (QED) is 0.0371. The number of esters is 2. The molecule has 0 heterocycles. The van der Waals surface area contributed by atoms with Crippen LogP contribution in [0.5, 0.6) is 0 Å². The zero-order chi connectivity index (χ0) is 42.1. The molecule has 15 heteroatoms. The van der Waals surface area contributed by atoms with Crippen molar-refractivity contribution >= 4 is 35.8 Å². The maximum atomic E-state index is 12.9. The summed E-state index contributed by atoms with van der Waals surface area (Å²) in [5.74, 6) is -2.22. The molecule has 0 radical (unpaired) electrons. The molecule has 1 atom stereocenters. The minimum atomic E-state index is -1.05. The van der Waals surface area contributed by atoms with E-state index in [0.717, 1.165) is 38.5 Å². The number of carboxylic acid groups (broad SMARTS) is 1. The highest BCUT2D eigenvalue weighted by Crippen LogP contribution is 2.16. The Labute approximate surface area is 336 Å². The second-order valence-corrected chi connectivity index (χ2v) is 16.2. The van der Waals surface area contributed by atoms with Gasteiger partial charge in [0.05, 0.1) is 19.8 Å². The zero-order valence-electron chi connectivity index (χ0n) is 35.5. The van der Waals surface area contributed by atoms with Crippen molar-refractivity contribution in [1.82, 2.24) is 21.3 Å². The lowest BCUT2D eigenvalue weighted by Gasteiger charge is -2.24. The van der Waals surface area contributed by atoms with Crippen LogP contribution in [0, 0.1) is 0 Å². The number of carboxylic acids is 1. The maximum Gasteiger partial charge on any atom is 0.329 e. The first-order valence-corrected chi connectivity index (χ1v) is 20.9. The van der Waals surface area contributed by atoms with Gasteiger partial charge in [0.25, 0.3) is 0 Å². The van der Waals surface area contributed by atoms with Crippen LogP contribution in [0.25, 0.3) is 0 Å². The predicted molar refractivity (Wildman–Crippen MR) is 215 cm³/mol. The summed E-state index contributed by atoms with van der Waals surface area (Å²) >= 11 is 0. The molecule has 1 unspecified atom stereocenters. The Morgan fingerprint density at radius 1 is 0.518 bits per heavy atom. The van der Waals surface area contributed by atoms with Crippen molar-refractivity contribution in [2.75, 3.05) is 46.1 Å². The normalized spacial score (nSPS) is 12.0. The van der Waals surface area contributed by atoms with E-state index in [9.17, 15) is 28.8 Å². The molecule has 0 fully saturated rings. The fourth-order valence-corrected chi connectivity index (χ4v) is 5.52. The first-order valence-electron chi connectivity index (χ1n) is 20.9. The van der Waals surface area contributed by atoms with Crippen molar-refractivity contribution < 1.29 is 52.8 Å². The number of hydrogen-bond donors (Lipinski definition) is 5. The molecule has 0 spiro atoms. The van der Waals surface area contributed by atoms with Gasteiger partial charge in [-0.25, -0.2) is 14.4 Å². The van der Waals surface area contributed by atoms with Gasteiger partial charge < -0.3 is 45.3 Å². The topological polar surface area (TPSA) is 208 Å². The standard InChI is InChI=1S/C41H76N4O11/c1-40(2,3)55-37(50)23-20-18-16-14-12-10-8-7-9-11-13-15-17-19-22-35(47)45-33(38(51)56-41(4,5)6)24-25-34(46)42-26-21-27-43-39(52)44-28-29-53-30-31-54-32-36(48)49/h33H,7-32H2,1-6H3,(H,42,46)(H,45,47)(H,48,49)(H2,43,44,52). The average Bonchev–Trinajstić information content (AvgIpc) is 3.09. The molecule has 0 saturated heterocycles. The Morgan fingerprint density at radius 2 is 1.00 bits per heavy atom. The van der Waals surface area contributed by atoms with Gasteiger partial charge in [0.2, 0.25) is 11.8 Å². The summed E-state index contributed by atoms with van der Waals surface area (Å²) in [5, 5.41) is 19.3. The minimum absolute atomic E-state index is 0.0246. The van der Waals surface area contributed by atoms with E-state index < -0.39 is 29.2 Å². The second kappa shape index (κ2) is 32.6. The molecule has 15 nitrogen and oxygen atoms in total. The molecular formula is C41H76N4O11. The number of urea groups is 1. The van der Waals surface area contributed by atoms with E-state index in [-0.39, 0.29) is 69.6 Å². The summed E-state index contributed by atoms with van der Waals surface area (Å²) in [6, 6.07) is -1.31. The third-order valence-corrected chi connectivity index (χ3v) is 8.23. The third-order valence-electron chi connectivity index (χ3n) is 8.23. The predicted octanol–water partition coefficient (Wildman–Crippen LogP) is 6.10. The fraction of sp³-hybridized carbons (Fsp3) is 0.854. The van der Waals surface area contributed by atoms with Crippen LogP contribution in [-0.2, 0) is 42.9 Å². The number of carbonyl (C=O) groups is 6. The van der Waals surface area contributed by atoms with E-state index >= 15 is 0 Å². The molecule has 4 amide bonds. The lowest BCUT2D eigenvalue weighted by Crippen LogP contribution is -2.44. The van der Waals surface area contributed by atoms with Crippen molar-refractivity contribution in [3.8, 4) is 0 Å². The first-order chi connectivity index (χ1) is 26.5. The molecule has 0 rings (SSSR count). The molecule has 56 heavy (non-hydrogen) atoms. The summed E-state index contributed by atoms with van der Waals surface area (Å²) in [6.45, 7) is 12.1. The number of nitrogens with one attached hydrogen (secondary N) is 4. The summed E-state index contributed by atoms with van der Waals surface area (Å²) in [6.07, 6.45) is 17.1. The van der Waals surface area contributed by atoms with Crippen LogP contribution in [0.15, 0.2) is 0 Å².